The first-order valence-corrected chi connectivity index (χ1v) is 11.0. The molecule has 11 nitrogen and oxygen atoms in total. The summed E-state index contributed by atoms with van der Waals surface area (Å²) >= 11 is 0. The number of likely N-dealkylation sites (N-methyl/N-ethyl adjacent to an activating group) is 1. The van der Waals surface area contributed by atoms with Gasteiger partial charge in [-0.3, -0.25) is 19.7 Å². The summed E-state index contributed by atoms with van der Waals surface area (Å²) in [5, 5.41) is 2.21. The number of hydrogen-bond donors (Lipinski definition) is 1. The molecule has 2 heterocycles. The van der Waals surface area contributed by atoms with Crippen LogP contribution in [-0.2, 0) is 20.8 Å². The average Bonchev–Trinajstić information content (AvgIpc) is 3.32. The van der Waals surface area contributed by atoms with Gasteiger partial charge in [-0.1, -0.05) is 6.07 Å². The Morgan fingerprint density at radius 3 is 2.64 bits per heavy atom. The topological polar surface area (TPSA) is 124 Å². The quantitative estimate of drug-likeness (QED) is 0.458. The van der Waals surface area contributed by atoms with Gasteiger partial charge in [0.1, 0.15) is 11.3 Å². The second-order valence-electron chi connectivity index (χ2n) is 8.07. The highest BCUT2D eigenvalue weighted by molar-refractivity contribution is 6.39. The van der Waals surface area contributed by atoms with Crippen LogP contribution in [0.3, 0.4) is 0 Å². The summed E-state index contributed by atoms with van der Waals surface area (Å²) in [4.78, 5) is 52.9. The largest absolute Gasteiger partial charge is 0.497 e. The smallest absolute Gasteiger partial charge is 0.335 e. The summed E-state index contributed by atoms with van der Waals surface area (Å²) in [6.45, 7) is 1.80. The predicted octanol–water partition coefficient (Wildman–Crippen LogP) is 2.12. The van der Waals surface area contributed by atoms with Crippen LogP contribution in [-0.4, -0.2) is 63.3 Å². The lowest BCUT2D eigenvalue weighted by Gasteiger charge is -2.27. The van der Waals surface area contributed by atoms with E-state index in [9.17, 15) is 19.2 Å². The van der Waals surface area contributed by atoms with Crippen LogP contribution in [0.5, 0.6) is 23.0 Å². The minimum absolute atomic E-state index is 0.0178. The number of hydrogen-bond acceptors (Lipinski definition) is 8. The Balaban J connectivity index is 1.81. The third-order valence-corrected chi connectivity index (χ3v) is 5.90. The van der Waals surface area contributed by atoms with Gasteiger partial charge in [-0.2, -0.15) is 0 Å². The summed E-state index contributed by atoms with van der Waals surface area (Å²) < 4.78 is 21.8. The van der Waals surface area contributed by atoms with Gasteiger partial charge in [-0.05, 0) is 36.3 Å². The highest BCUT2D eigenvalue weighted by atomic mass is 16.7. The van der Waals surface area contributed by atoms with Gasteiger partial charge in [-0.15, -0.1) is 0 Å². The number of benzene rings is 2. The Kier molecular flexibility index (Phi) is 6.82. The zero-order chi connectivity index (χ0) is 26.0. The molecule has 0 aliphatic carbocycles. The monoisotopic (exact) mass is 495 g/mol. The third-order valence-electron chi connectivity index (χ3n) is 5.90. The number of amides is 5. The van der Waals surface area contributed by atoms with Crippen molar-refractivity contribution in [3.8, 4) is 23.0 Å². The van der Waals surface area contributed by atoms with Crippen molar-refractivity contribution in [2.24, 2.45) is 0 Å². The van der Waals surface area contributed by atoms with Gasteiger partial charge in [0.25, 0.3) is 11.8 Å². The Labute approximate surface area is 207 Å². The average molecular weight is 495 g/mol. The number of imide groups is 2. The summed E-state index contributed by atoms with van der Waals surface area (Å²) in [6.07, 6.45) is 1.73. The van der Waals surface area contributed by atoms with Gasteiger partial charge in [-0.25, -0.2) is 9.69 Å². The van der Waals surface area contributed by atoms with E-state index in [2.05, 4.69) is 5.32 Å². The van der Waals surface area contributed by atoms with E-state index >= 15 is 0 Å². The number of urea groups is 1. The number of nitrogens with zero attached hydrogens (tertiary/aromatic N) is 2. The molecule has 0 unspecified atom stereocenters. The molecule has 0 radical (unpaired) electrons. The molecule has 4 rings (SSSR count). The molecule has 188 valence electrons. The Hall–Kier alpha value is -4.54. The van der Waals surface area contributed by atoms with Crippen molar-refractivity contribution in [3.63, 3.8) is 0 Å². The van der Waals surface area contributed by atoms with Gasteiger partial charge in [0.15, 0.2) is 11.5 Å². The molecule has 11 heteroatoms. The molecular formula is C25H25N3O8. The maximum Gasteiger partial charge on any atom is 0.335 e. The number of methoxy groups -OCH3 is 2. The van der Waals surface area contributed by atoms with E-state index in [-0.39, 0.29) is 29.7 Å². The maximum absolute atomic E-state index is 13.4. The fourth-order valence-electron chi connectivity index (χ4n) is 3.88. The van der Waals surface area contributed by atoms with Crippen LogP contribution in [0, 0.1) is 0 Å². The summed E-state index contributed by atoms with van der Waals surface area (Å²) in [7, 11) is 4.56. The Bertz CT molecular complexity index is 1290. The first-order chi connectivity index (χ1) is 17.2. The van der Waals surface area contributed by atoms with Crippen molar-refractivity contribution in [1.82, 2.24) is 10.2 Å². The second kappa shape index (κ2) is 9.98. The highest BCUT2D eigenvalue weighted by Crippen LogP contribution is 2.46. The van der Waals surface area contributed by atoms with Crippen LogP contribution in [0.1, 0.15) is 18.1 Å². The Morgan fingerprint density at radius 1 is 1.17 bits per heavy atom. The number of anilines is 1. The fraction of sp³-hybridized carbons (Fsp3) is 0.280. The molecule has 0 bridgehead atoms. The van der Waals surface area contributed by atoms with Gasteiger partial charge in [0, 0.05) is 32.1 Å². The molecule has 1 fully saturated rings. The van der Waals surface area contributed by atoms with E-state index in [1.807, 2.05) is 0 Å². The fourth-order valence-corrected chi connectivity index (χ4v) is 3.88. The number of fused-ring (bicyclic) bond motifs is 1. The van der Waals surface area contributed by atoms with E-state index in [4.69, 9.17) is 18.9 Å². The van der Waals surface area contributed by atoms with Gasteiger partial charge >= 0.3 is 6.03 Å². The van der Waals surface area contributed by atoms with E-state index in [1.54, 1.807) is 31.3 Å². The van der Waals surface area contributed by atoms with Crippen LogP contribution in [0.25, 0.3) is 6.08 Å². The molecule has 1 saturated heterocycles. The van der Waals surface area contributed by atoms with Gasteiger partial charge in [0.05, 0.1) is 19.9 Å². The zero-order valence-electron chi connectivity index (χ0n) is 20.2. The number of barbiturate groups is 1. The number of rotatable bonds is 7. The van der Waals surface area contributed by atoms with Gasteiger partial charge < -0.3 is 23.8 Å². The lowest BCUT2D eigenvalue weighted by atomic mass is 9.98. The summed E-state index contributed by atoms with van der Waals surface area (Å²) in [6, 6.07) is 7.20. The molecule has 2 aliphatic heterocycles. The zero-order valence-corrected chi connectivity index (χ0v) is 20.2. The molecule has 2 aromatic rings. The SMILES string of the molecule is COc1cccc(N2C(=O)NC(=O)C(=Cc3c(CCN(C)C(C)=O)cc4c(c3OC)OCO4)C2=O)c1. The van der Waals surface area contributed by atoms with Crippen LogP contribution >= 0.6 is 0 Å². The van der Waals surface area contributed by atoms with Crippen molar-refractivity contribution in [3.05, 3.63) is 47.0 Å². The molecule has 36 heavy (non-hydrogen) atoms. The first kappa shape index (κ1) is 24.6. The summed E-state index contributed by atoms with van der Waals surface area (Å²) in [5.74, 6) is -0.302. The first-order valence-electron chi connectivity index (χ1n) is 11.0. The molecule has 1 N–H and O–H groups in total. The number of carbonyl (C=O) groups is 4. The van der Waals surface area contributed by atoms with Crippen molar-refractivity contribution in [2.45, 2.75) is 13.3 Å². The lowest BCUT2D eigenvalue weighted by molar-refractivity contribution is -0.127. The van der Waals surface area contributed by atoms with Crippen LogP contribution in [0.2, 0.25) is 0 Å². The molecule has 5 amide bonds. The molecule has 2 aliphatic rings. The molecule has 0 saturated carbocycles. The lowest BCUT2D eigenvalue weighted by Crippen LogP contribution is -2.54. The van der Waals surface area contributed by atoms with Crippen LogP contribution in [0.4, 0.5) is 10.5 Å². The summed E-state index contributed by atoms with van der Waals surface area (Å²) in [5.41, 5.74) is 1.01. The van der Waals surface area contributed by atoms with E-state index in [0.29, 0.717) is 41.3 Å². The molecule has 0 aromatic heterocycles. The highest BCUT2D eigenvalue weighted by Gasteiger charge is 2.38. The minimum atomic E-state index is -0.878. The van der Waals surface area contributed by atoms with E-state index < -0.39 is 17.8 Å². The van der Waals surface area contributed by atoms with Crippen molar-refractivity contribution >= 4 is 35.5 Å². The molecule has 0 spiro atoms. The Morgan fingerprint density at radius 2 is 1.94 bits per heavy atom. The van der Waals surface area contributed by atoms with Gasteiger partial charge in [0.2, 0.25) is 18.4 Å². The minimum Gasteiger partial charge on any atom is -0.497 e. The van der Waals surface area contributed by atoms with E-state index in [1.165, 1.54) is 38.2 Å². The van der Waals surface area contributed by atoms with Crippen LogP contribution in [0.15, 0.2) is 35.9 Å². The standard InChI is InChI=1S/C25H25N3O8/c1-14(29)27(2)9-8-15-10-20-22(36-13-35-20)21(34-4)18(15)12-19-23(30)26-25(32)28(24(19)31)16-6-5-7-17(11-16)33-3/h5-7,10-12H,8-9,13H2,1-4H3,(H,26,30,32). The number of carbonyl (C=O) groups excluding carboxylic acids is 4. The molecule has 2 aromatic carbocycles. The second-order valence-corrected chi connectivity index (χ2v) is 8.07. The third kappa shape index (κ3) is 4.54. The van der Waals surface area contributed by atoms with Crippen molar-refractivity contribution in [1.29, 1.82) is 0 Å². The maximum atomic E-state index is 13.4. The van der Waals surface area contributed by atoms with E-state index in [0.717, 1.165) is 4.90 Å². The van der Waals surface area contributed by atoms with Crippen molar-refractivity contribution < 1.29 is 38.1 Å². The van der Waals surface area contributed by atoms with Crippen LogP contribution < -0.4 is 29.2 Å². The number of ether oxygens (including phenoxy) is 4. The normalized spacial score (nSPS) is 15.7. The molecular weight excluding hydrogens is 470 g/mol. The predicted molar refractivity (Wildman–Crippen MR) is 128 cm³/mol. The molecule has 0 atom stereocenters. The van der Waals surface area contributed by atoms with Crippen molar-refractivity contribution in [2.75, 3.05) is 39.5 Å². The number of nitrogens with one attached hydrogen (secondary N) is 1.